The average Bonchev–Trinajstić information content (AvgIpc) is 3.11. The van der Waals surface area contributed by atoms with E-state index in [9.17, 15) is 4.79 Å². The van der Waals surface area contributed by atoms with Crippen LogP contribution in [0.4, 0.5) is 0 Å². The van der Waals surface area contributed by atoms with Gasteiger partial charge in [0.1, 0.15) is 11.9 Å². The van der Waals surface area contributed by atoms with E-state index in [1.807, 2.05) is 40.9 Å². The normalized spacial score (nSPS) is 26.2. The van der Waals surface area contributed by atoms with Crippen molar-refractivity contribution in [3.05, 3.63) is 29.8 Å². The SMILES string of the molecule is COc1ccc(C2NCC(=O)N2CC2CCCS2)cc1. The summed E-state index contributed by atoms with van der Waals surface area (Å²) in [5, 5.41) is 3.91. The van der Waals surface area contributed by atoms with Crippen LogP contribution in [0, 0.1) is 0 Å². The van der Waals surface area contributed by atoms with Gasteiger partial charge in [0.05, 0.1) is 13.7 Å². The first-order chi connectivity index (χ1) is 9.78. The molecule has 1 amide bonds. The molecule has 0 aromatic heterocycles. The van der Waals surface area contributed by atoms with E-state index < -0.39 is 0 Å². The summed E-state index contributed by atoms with van der Waals surface area (Å²) in [6.45, 7) is 1.29. The number of hydrogen-bond acceptors (Lipinski definition) is 4. The minimum Gasteiger partial charge on any atom is -0.497 e. The number of methoxy groups -OCH3 is 1. The first-order valence-corrected chi connectivity index (χ1v) is 8.11. The van der Waals surface area contributed by atoms with E-state index in [-0.39, 0.29) is 12.1 Å². The van der Waals surface area contributed by atoms with Crippen molar-refractivity contribution in [3.63, 3.8) is 0 Å². The lowest BCUT2D eigenvalue weighted by Gasteiger charge is -2.27. The highest BCUT2D eigenvalue weighted by Crippen LogP contribution is 2.31. The molecule has 108 valence electrons. The van der Waals surface area contributed by atoms with Gasteiger partial charge in [-0.1, -0.05) is 12.1 Å². The van der Waals surface area contributed by atoms with Crippen molar-refractivity contribution in [2.75, 3.05) is 26.0 Å². The minimum absolute atomic E-state index is 0.00889. The van der Waals surface area contributed by atoms with Gasteiger partial charge in [0.15, 0.2) is 0 Å². The second-order valence-electron chi connectivity index (χ2n) is 5.24. The molecule has 2 heterocycles. The molecule has 2 unspecified atom stereocenters. The van der Waals surface area contributed by atoms with Gasteiger partial charge in [0.2, 0.25) is 5.91 Å². The molecule has 2 fully saturated rings. The van der Waals surface area contributed by atoms with Crippen LogP contribution in [0.3, 0.4) is 0 Å². The molecule has 0 bridgehead atoms. The van der Waals surface area contributed by atoms with E-state index in [2.05, 4.69) is 5.32 Å². The van der Waals surface area contributed by atoms with Crippen LogP contribution in [0.5, 0.6) is 5.75 Å². The van der Waals surface area contributed by atoms with Gasteiger partial charge in [-0.2, -0.15) is 11.8 Å². The summed E-state index contributed by atoms with van der Waals surface area (Å²) in [6, 6.07) is 7.96. The number of hydrogen-bond donors (Lipinski definition) is 1. The maximum absolute atomic E-state index is 12.1. The predicted octanol–water partition coefficient (Wildman–Crippen LogP) is 2.02. The van der Waals surface area contributed by atoms with Crippen LogP contribution in [0.1, 0.15) is 24.6 Å². The minimum atomic E-state index is 0.00889. The van der Waals surface area contributed by atoms with Gasteiger partial charge in [-0.25, -0.2) is 0 Å². The summed E-state index contributed by atoms with van der Waals surface area (Å²) in [5.41, 5.74) is 1.12. The number of nitrogens with zero attached hydrogens (tertiary/aromatic N) is 1. The second-order valence-corrected chi connectivity index (χ2v) is 6.65. The molecule has 1 aromatic rings. The molecule has 20 heavy (non-hydrogen) atoms. The Kier molecular flexibility index (Phi) is 4.17. The van der Waals surface area contributed by atoms with Gasteiger partial charge < -0.3 is 9.64 Å². The van der Waals surface area contributed by atoms with Crippen LogP contribution in [0.15, 0.2) is 24.3 Å². The maximum atomic E-state index is 12.1. The molecule has 0 spiro atoms. The summed E-state index contributed by atoms with van der Waals surface area (Å²) in [6.07, 6.45) is 2.51. The molecule has 3 rings (SSSR count). The lowest BCUT2D eigenvalue weighted by atomic mass is 10.1. The summed E-state index contributed by atoms with van der Waals surface area (Å²) in [5.74, 6) is 2.28. The van der Waals surface area contributed by atoms with E-state index >= 15 is 0 Å². The van der Waals surface area contributed by atoms with E-state index in [1.165, 1.54) is 18.6 Å². The Balaban J connectivity index is 1.74. The van der Waals surface area contributed by atoms with Gasteiger partial charge in [-0.15, -0.1) is 0 Å². The Morgan fingerprint density at radius 3 is 2.85 bits per heavy atom. The number of ether oxygens (including phenoxy) is 1. The van der Waals surface area contributed by atoms with Crippen LogP contribution in [-0.2, 0) is 4.79 Å². The van der Waals surface area contributed by atoms with E-state index in [0.717, 1.165) is 17.9 Å². The zero-order chi connectivity index (χ0) is 13.9. The van der Waals surface area contributed by atoms with Gasteiger partial charge >= 0.3 is 0 Å². The van der Waals surface area contributed by atoms with Crippen molar-refractivity contribution in [2.45, 2.75) is 24.3 Å². The maximum Gasteiger partial charge on any atom is 0.238 e. The summed E-state index contributed by atoms with van der Waals surface area (Å²) in [4.78, 5) is 14.1. The lowest BCUT2D eigenvalue weighted by Crippen LogP contribution is -2.35. The first kappa shape index (κ1) is 13.8. The van der Waals surface area contributed by atoms with Crippen LogP contribution in [0.2, 0.25) is 0 Å². The monoisotopic (exact) mass is 292 g/mol. The molecule has 0 saturated carbocycles. The van der Waals surface area contributed by atoms with Crippen molar-refractivity contribution in [2.24, 2.45) is 0 Å². The third kappa shape index (κ3) is 2.79. The number of benzene rings is 1. The van der Waals surface area contributed by atoms with Crippen molar-refractivity contribution >= 4 is 17.7 Å². The van der Waals surface area contributed by atoms with Gasteiger partial charge in [0, 0.05) is 11.8 Å². The van der Waals surface area contributed by atoms with Gasteiger partial charge in [-0.05, 0) is 36.3 Å². The number of rotatable bonds is 4. The first-order valence-electron chi connectivity index (χ1n) is 7.06. The Bertz CT molecular complexity index is 471. The van der Waals surface area contributed by atoms with Gasteiger partial charge in [0.25, 0.3) is 0 Å². The third-order valence-corrected chi connectivity index (χ3v) is 5.32. The third-order valence-electron chi connectivity index (χ3n) is 3.93. The Morgan fingerprint density at radius 2 is 2.20 bits per heavy atom. The zero-order valence-corrected chi connectivity index (χ0v) is 12.5. The number of carbonyl (C=O) groups is 1. The molecule has 1 aromatic carbocycles. The molecule has 4 nitrogen and oxygen atoms in total. The fourth-order valence-electron chi connectivity index (χ4n) is 2.84. The van der Waals surface area contributed by atoms with Crippen molar-refractivity contribution < 1.29 is 9.53 Å². The molecule has 5 heteroatoms. The molecule has 2 aliphatic rings. The lowest BCUT2D eigenvalue weighted by molar-refractivity contribution is -0.128. The molecule has 0 radical (unpaired) electrons. The number of amides is 1. The fourth-order valence-corrected chi connectivity index (χ4v) is 4.10. The quantitative estimate of drug-likeness (QED) is 0.922. The van der Waals surface area contributed by atoms with Crippen LogP contribution in [-0.4, -0.2) is 42.0 Å². The van der Waals surface area contributed by atoms with Gasteiger partial charge in [-0.3, -0.25) is 10.1 Å². The Hall–Kier alpha value is -1.20. The number of carbonyl (C=O) groups excluding carboxylic acids is 1. The Morgan fingerprint density at radius 1 is 1.40 bits per heavy atom. The van der Waals surface area contributed by atoms with Crippen molar-refractivity contribution in [1.82, 2.24) is 10.2 Å². The summed E-state index contributed by atoms with van der Waals surface area (Å²) < 4.78 is 5.18. The van der Waals surface area contributed by atoms with Crippen LogP contribution in [0.25, 0.3) is 0 Å². The van der Waals surface area contributed by atoms with Crippen molar-refractivity contribution in [1.29, 1.82) is 0 Å². The highest BCUT2D eigenvalue weighted by Gasteiger charge is 2.33. The second kappa shape index (κ2) is 6.06. The zero-order valence-electron chi connectivity index (χ0n) is 11.7. The molecule has 2 saturated heterocycles. The number of thioether (sulfide) groups is 1. The molecular weight excluding hydrogens is 272 g/mol. The molecule has 2 atom stereocenters. The molecular formula is C15H20N2O2S. The molecule has 1 N–H and O–H groups in total. The molecule has 2 aliphatic heterocycles. The van der Waals surface area contributed by atoms with E-state index in [0.29, 0.717) is 11.8 Å². The summed E-state index contributed by atoms with van der Waals surface area (Å²) >= 11 is 1.99. The van der Waals surface area contributed by atoms with E-state index in [1.54, 1.807) is 7.11 Å². The van der Waals surface area contributed by atoms with Crippen LogP contribution >= 0.6 is 11.8 Å². The Labute approximate surface area is 123 Å². The highest BCUT2D eigenvalue weighted by atomic mass is 32.2. The predicted molar refractivity (Wildman–Crippen MR) is 80.9 cm³/mol. The molecule has 0 aliphatic carbocycles. The fraction of sp³-hybridized carbons (Fsp3) is 0.533. The largest absolute Gasteiger partial charge is 0.497 e. The standard InChI is InChI=1S/C15H20N2O2S/c1-19-12-6-4-11(5-7-12)15-16-9-14(18)17(15)10-13-3-2-8-20-13/h4-7,13,15-16H,2-3,8-10H2,1H3. The average molecular weight is 292 g/mol. The van der Waals surface area contributed by atoms with Crippen molar-refractivity contribution in [3.8, 4) is 5.75 Å². The highest BCUT2D eigenvalue weighted by molar-refractivity contribution is 8.00. The topological polar surface area (TPSA) is 41.6 Å². The number of nitrogens with one attached hydrogen (secondary N) is 1. The summed E-state index contributed by atoms with van der Waals surface area (Å²) in [7, 11) is 1.66. The van der Waals surface area contributed by atoms with E-state index in [4.69, 9.17) is 4.74 Å². The van der Waals surface area contributed by atoms with Crippen LogP contribution < -0.4 is 10.1 Å². The smallest absolute Gasteiger partial charge is 0.238 e.